The summed E-state index contributed by atoms with van der Waals surface area (Å²) in [6.45, 7) is 4.38. The van der Waals surface area contributed by atoms with E-state index in [1.807, 2.05) is 36.4 Å². The van der Waals surface area contributed by atoms with Crippen LogP contribution in [-0.4, -0.2) is 30.0 Å². The molecule has 6 nitrogen and oxygen atoms in total. The van der Waals surface area contributed by atoms with Gasteiger partial charge in [0.2, 0.25) is 0 Å². The van der Waals surface area contributed by atoms with Crippen molar-refractivity contribution in [1.82, 2.24) is 4.90 Å². The second-order valence-electron chi connectivity index (χ2n) is 7.75. The molecule has 1 saturated heterocycles. The Morgan fingerprint density at radius 1 is 1.06 bits per heavy atom. The first-order chi connectivity index (χ1) is 15.1. The molecular weight excluding hydrogens is 416 g/mol. The van der Waals surface area contributed by atoms with E-state index in [2.05, 4.69) is 4.90 Å². The van der Waals surface area contributed by atoms with E-state index in [1.54, 1.807) is 30.2 Å². The lowest BCUT2D eigenvalue weighted by molar-refractivity contribution is -0.139. The van der Waals surface area contributed by atoms with Crippen molar-refractivity contribution in [3.8, 4) is 5.75 Å². The van der Waals surface area contributed by atoms with Gasteiger partial charge in [0.15, 0.2) is 12.0 Å². The van der Waals surface area contributed by atoms with Crippen molar-refractivity contribution in [3.63, 3.8) is 0 Å². The molecule has 1 amide bonds. The normalized spacial score (nSPS) is 15.0. The third-order valence-electron chi connectivity index (χ3n) is 5.39. The summed E-state index contributed by atoms with van der Waals surface area (Å²) in [5.41, 5.74) is 0. The van der Waals surface area contributed by atoms with Crippen molar-refractivity contribution in [3.05, 3.63) is 71.3 Å². The highest BCUT2D eigenvalue weighted by molar-refractivity contribution is 6.32. The summed E-state index contributed by atoms with van der Waals surface area (Å²) in [4.78, 5) is 17.2. The van der Waals surface area contributed by atoms with Crippen LogP contribution in [0.4, 0.5) is 5.88 Å². The number of furan rings is 2. The summed E-state index contributed by atoms with van der Waals surface area (Å²) in [5, 5.41) is 0.469. The summed E-state index contributed by atoms with van der Waals surface area (Å²) in [6, 6.07) is 14.7. The molecule has 4 rings (SSSR count). The van der Waals surface area contributed by atoms with Crippen molar-refractivity contribution < 1.29 is 18.4 Å². The third-order valence-corrected chi connectivity index (χ3v) is 5.70. The van der Waals surface area contributed by atoms with E-state index in [0.717, 1.165) is 24.7 Å². The maximum atomic E-state index is 13.3. The number of amides is 1. The number of anilines is 1. The first-order valence-corrected chi connectivity index (χ1v) is 11.0. The average Bonchev–Trinajstić information content (AvgIpc) is 3.47. The summed E-state index contributed by atoms with van der Waals surface area (Å²) >= 11 is 6.19. The van der Waals surface area contributed by atoms with Crippen molar-refractivity contribution >= 4 is 23.4 Å². The Labute approximate surface area is 187 Å². The minimum absolute atomic E-state index is 0.174. The molecule has 2 aromatic heterocycles. The van der Waals surface area contributed by atoms with E-state index in [9.17, 15) is 4.79 Å². The molecule has 7 heteroatoms. The third kappa shape index (κ3) is 5.44. The quantitative estimate of drug-likeness (QED) is 0.460. The van der Waals surface area contributed by atoms with Crippen LogP contribution in [0, 0.1) is 0 Å². The summed E-state index contributed by atoms with van der Waals surface area (Å²) in [5.74, 6) is 2.59. The van der Waals surface area contributed by atoms with Crippen molar-refractivity contribution in [2.75, 3.05) is 18.0 Å². The molecule has 31 heavy (non-hydrogen) atoms. The van der Waals surface area contributed by atoms with Crippen LogP contribution in [-0.2, 0) is 17.9 Å². The molecule has 164 valence electrons. The molecule has 3 heterocycles. The number of ether oxygens (including phenoxy) is 1. The molecule has 3 aromatic rings. The van der Waals surface area contributed by atoms with Gasteiger partial charge in [-0.3, -0.25) is 4.79 Å². The Morgan fingerprint density at radius 3 is 2.58 bits per heavy atom. The number of hydrogen-bond donors (Lipinski definition) is 0. The monoisotopic (exact) mass is 442 g/mol. The Balaban J connectivity index is 1.48. The Morgan fingerprint density at radius 2 is 1.84 bits per heavy atom. The van der Waals surface area contributed by atoms with Crippen molar-refractivity contribution in [2.24, 2.45) is 0 Å². The highest BCUT2D eigenvalue weighted by atomic mass is 35.5. The van der Waals surface area contributed by atoms with E-state index in [0.29, 0.717) is 29.6 Å². The average molecular weight is 443 g/mol. The highest BCUT2D eigenvalue weighted by Crippen LogP contribution is 2.26. The molecule has 0 radical (unpaired) electrons. The SMILES string of the molecule is CC(Oc1ccccc1Cl)C(=O)N(Cc1ccco1)Cc1ccc(N2CCCCC2)o1. The second-order valence-corrected chi connectivity index (χ2v) is 8.16. The fourth-order valence-electron chi connectivity index (χ4n) is 3.76. The number of hydrogen-bond acceptors (Lipinski definition) is 5. The van der Waals surface area contributed by atoms with E-state index >= 15 is 0 Å². The molecule has 0 saturated carbocycles. The Kier molecular flexibility index (Phi) is 6.87. The maximum Gasteiger partial charge on any atom is 0.264 e. The van der Waals surface area contributed by atoms with Crippen molar-refractivity contribution in [1.29, 1.82) is 0 Å². The molecular formula is C24H27ClN2O4. The molecule has 1 aromatic carbocycles. The lowest BCUT2D eigenvalue weighted by atomic mass is 10.1. The number of nitrogens with zero attached hydrogens (tertiary/aromatic N) is 2. The van der Waals surface area contributed by atoms with E-state index < -0.39 is 6.10 Å². The maximum absolute atomic E-state index is 13.3. The van der Waals surface area contributed by atoms with Gasteiger partial charge < -0.3 is 23.4 Å². The lowest BCUT2D eigenvalue weighted by Gasteiger charge is -2.26. The first-order valence-electron chi connectivity index (χ1n) is 10.7. The standard InChI is InChI=1S/C24H27ClN2O4/c1-18(30-22-10-4-3-9-21(22)25)24(28)27(16-19-8-7-15-29-19)17-20-11-12-23(31-20)26-13-5-2-6-14-26/h3-4,7-12,15,18H,2,5-6,13-14,16-17H2,1H3. The molecule has 1 unspecified atom stereocenters. The zero-order valence-corrected chi connectivity index (χ0v) is 18.4. The van der Waals surface area contributed by atoms with Crippen LogP contribution in [0.25, 0.3) is 0 Å². The minimum Gasteiger partial charge on any atom is -0.479 e. The summed E-state index contributed by atoms with van der Waals surface area (Å²) < 4.78 is 17.4. The number of benzene rings is 1. The van der Waals surface area contributed by atoms with Gasteiger partial charge in [0.1, 0.15) is 17.3 Å². The minimum atomic E-state index is -0.716. The Hall–Kier alpha value is -2.86. The fourth-order valence-corrected chi connectivity index (χ4v) is 3.94. The van der Waals surface area contributed by atoms with E-state index in [4.69, 9.17) is 25.2 Å². The van der Waals surface area contributed by atoms with Gasteiger partial charge in [-0.1, -0.05) is 23.7 Å². The fraction of sp³-hybridized carbons (Fsp3) is 0.375. The molecule has 1 aliphatic heterocycles. The van der Waals surface area contributed by atoms with Gasteiger partial charge in [0.25, 0.3) is 5.91 Å². The van der Waals surface area contributed by atoms with Gasteiger partial charge in [-0.25, -0.2) is 0 Å². The predicted octanol–water partition coefficient (Wildman–Crippen LogP) is 5.51. The Bertz CT molecular complexity index is 979. The van der Waals surface area contributed by atoms with Crippen molar-refractivity contribution in [2.45, 2.75) is 45.4 Å². The molecule has 0 N–H and O–H groups in total. The summed E-state index contributed by atoms with van der Waals surface area (Å²) in [7, 11) is 0. The van der Waals surface area contributed by atoms with Gasteiger partial charge >= 0.3 is 0 Å². The number of carbonyl (C=O) groups is 1. The van der Waals surface area contributed by atoms with Crippen LogP contribution in [0.5, 0.6) is 5.75 Å². The van der Waals surface area contributed by atoms with Crippen LogP contribution in [0.2, 0.25) is 5.02 Å². The number of piperidine rings is 1. The smallest absolute Gasteiger partial charge is 0.264 e. The van der Waals surface area contributed by atoms with Gasteiger partial charge in [-0.15, -0.1) is 0 Å². The number of para-hydroxylation sites is 1. The zero-order valence-electron chi connectivity index (χ0n) is 17.6. The van der Waals surface area contributed by atoms with Crippen LogP contribution in [0.15, 0.2) is 63.6 Å². The second kappa shape index (κ2) is 9.96. The largest absolute Gasteiger partial charge is 0.479 e. The van der Waals surface area contributed by atoms with Crippen LogP contribution in [0.3, 0.4) is 0 Å². The van der Waals surface area contributed by atoms with E-state index in [1.165, 1.54) is 19.3 Å². The lowest BCUT2D eigenvalue weighted by Crippen LogP contribution is -2.39. The predicted molar refractivity (Wildman–Crippen MR) is 119 cm³/mol. The van der Waals surface area contributed by atoms with Gasteiger partial charge in [-0.2, -0.15) is 0 Å². The highest BCUT2D eigenvalue weighted by Gasteiger charge is 2.25. The molecule has 0 spiro atoms. The number of rotatable bonds is 8. The molecule has 0 aliphatic carbocycles. The van der Waals surface area contributed by atoms with Crippen LogP contribution < -0.4 is 9.64 Å². The van der Waals surface area contributed by atoms with Crippen LogP contribution in [0.1, 0.15) is 37.7 Å². The molecule has 0 bridgehead atoms. The number of halogens is 1. The van der Waals surface area contributed by atoms with Crippen LogP contribution >= 0.6 is 11.6 Å². The zero-order chi connectivity index (χ0) is 21.6. The topological polar surface area (TPSA) is 59.1 Å². The molecule has 1 aliphatic rings. The number of carbonyl (C=O) groups excluding carboxylic acids is 1. The van der Waals surface area contributed by atoms with Gasteiger partial charge in [0.05, 0.1) is 24.4 Å². The first kappa shape index (κ1) is 21.4. The van der Waals surface area contributed by atoms with Gasteiger partial charge in [0, 0.05) is 19.2 Å². The van der Waals surface area contributed by atoms with Gasteiger partial charge in [-0.05, 0) is 56.5 Å². The summed E-state index contributed by atoms with van der Waals surface area (Å²) in [6.07, 6.45) is 4.50. The van der Waals surface area contributed by atoms with E-state index in [-0.39, 0.29) is 5.91 Å². The molecule has 1 fully saturated rings. The molecule has 1 atom stereocenters.